The summed E-state index contributed by atoms with van der Waals surface area (Å²) in [6.07, 6.45) is 6.80. The highest BCUT2D eigenvalue weighted by molar-refractivity contribution is 5.72. The van der Waals surface area contributed by atoms with Crippen molar-refractivity contribution < 1.29 is 4.74 Å². The standard InChI is InChI=1S/C17H28N2O/c1-3-20-16-6-4-5-15(17(16)18)19-12-11-14-9-7-13(2)8-10-14/h4-6,13-14,19H,3,7-12,18H2,1-2H3. The maximum atomic E-state index is 6.12. The molecule has 0 aliphatic heterocycles. The number of hydrogen-bond acceptors (Lipinski definition) is 3. The number of nitrogens with two attached hydrogens (primary N) is 1. The molecule has 0 atom stereocenters. The highest BCUT2D eigenvalue weighted by Gasteiger charge is 2.17. The summed E-state index contributed by atoms with van der Waals surface area (Å²) in [5.74, 6) is 2.59. The van der Waals surface area contributed by atoms with Gasteiger partial charge >= 0.3 is 0 Å². The third-order valence-electron chi connectivity index (χ3n) is 4.37. The van der Waals surface area contributed by atoms with Crippen molar-refractivity contribution in [1.82, 2.24) is 0 Å². The Morgan fingerprint density at radius 3 is 2.70 bits per heavy atom. The Hall–Kier alpha value is -1.38. The summed E-state index contributed by atoms with van der Waals surface area (Å²) >= 11 is 0. The van der Waals surface area contributed by atoms with E-state index < -0.39 is 0 Å². The van der Waals surface area contributed by atoms with E-state index in [1.54, 1.807) is 0 Å². The van der Waals surface area contributed by atoms with Crippen LogP contribution in [0.2, 0.25) is 0 Å². The Bertz CT molecular complexity index is 411. The van der Waals surface area contributed by atoms with Gasteiger partial charge in [-0.25, -0.2) is 0 Å². The maximum absolute atomic E-state index is 6.12. The van der Waals surface area contributed by atoms with Gasteiger partial charge in [0.2, 0.25) is 0 Å². The molecule has 112 valence electrons. The third kappa shape index (κ3) is 4.06. The maximum Gasteiger partial charge on any atom is 0.144 e. The van der Waals surface area contributed by atoms with Crippen molar-refractivity contribution in [2.75, 3.05) is 24.2 Å². The minimum atomic E-state index is 0.647. The molecule has 1 aliphatic carbocycles. The average Bonchev–Trinajstić information content (AvgIpc) is 2.45. The molecule has 0 radical (unpaired) electrons. The second-order valence-corrected chi connectivity index (χ2v) is 5.99. The number of hydrogen-bond donors (Lipinski definition) is 2. The van der Waals surface area contributed by atoms with E-state index in [0.717, 1.165) is 35.5 Å². The molecule has 0 bridgehead atoms. The molecule has 0 unspecified atom stereocenters. The zero-order chi connectivity index (χ0) is 14.4. The van der Waals surface area contributed by atoms with E-state index in [9.17, 15) is 0 Å². The molecule has 0 saturated heterocycles. The summed E-state index contributed by atoms with van der Waals surface area (Å²) in [7, 11) is 0. The SMILES string of the molecule is CCOc1cccc(NCCC2CCC(C)CC2)c1N. The predicted molar refractivity (Wildman–Crippen MR) is 86.3 cm³/mol. The molecule has 1 aliphatic rings. The van der Waals surface area contributed by atoms with Crippen LogP contribution in [0, 0.1) is 11.8 Å². The smallest absolute Gasteiger partial charge is 0.144 e. The molecule has 0 amide bonds. The van der Waals surface area contributed by atoms with Gasteiger partial charge in [0.05, 0.1) is 18.0 Å². The molecule has 0 heterocycles. The van der Waals surface area contributed by atoms with Crippen molar-refractivity contribution in [2.45, 2.75) is 46.0 Å². The van der Waals surface area contributed by atoms with Crippen LogP contribution in [-0.2, 0) is 0 Å². The number of anilines is 2. The van der Waals surface area contributed by atoms with E-state index in [0.29, 0.717) is 6.61 Å². The first kappa shape index (κ1) is 15.0. The van der Waals surface area contributed by atoms with E-state index in [2.05, 4.69) is 12.2 Å². The molecule has 3 heteroatoms. The molecular weight excluding hydrogens is 248 g/mol. The highest BCUT2D eigenvalue weighted by atomic mass is 16.5. The van der Waals surface area contributed by atoms with Crippen molar-refractivity contribution in [2.24, 2.45) is 11.8 Å². The monoisotopic (exact) mass is 276 g/mol. The fourth-order valence-corrected chi connectivity index (χ4v) is 3.01. The third-order valence-corrected chi connectivity index (χ3v) is 4.37. The molecule has 3 N–H and O–H groups in total. The van der Waals surface area contributed by atoms with E-state index >= 15 is 0 Å². The summed E-state index contributed by atoms with van der Waals surface area (Å²) in [5.41, 5.74) is 7.85. The van der Waals surface area contributed by atoms with Crippen LogP contribution in [0.5, 0.6) is 5.75 Å². The number of nitrogens with one attached hydrogen (secondary N) is 1. The van der Waals surface area contributed by atoms with Crippen LogP contribution in [-0.4, -0.2) is 13.2 Å². The van der Waals surface area contributed by atoms with E-state index in [1.807, 2.05) is 25.1 Å². The number of benzene rings is 1. The second-order valence-electron chi connectivity index (χ2n) is 5.99. The normalized spacial score (nSPS) is 22.5. The van der Waals surface area contributed by atoms with Gasteiger partial charge < -0.3 is 15.8 Å². The Morgan fingerprint density at radius 2 is 2.00 bits per heavy atom. The molecule has 1 saturated carbocycles. The van der Waals surface area contributed by atoms with Gasteiger partial charge in [0.15, 0.2) is 0 Å². The zero-order valence-corrected chi connectivity index (χ0v) is 12.8. The number of rotatable bonds is 6. The van der Waals surface area contributed by atoms with Crippen LogP contribution < -0.4 is 15.8 Å². The first-order valence-corrected chi connectivity index (χ1v) is 7.95. The second kappa shape index (κ2) is 7.41. The minimum Gasteiger partial charge on any atom is -0.492 e. The first-order valence-electron chi connectivity index (χ1n) is 7.95. The Labute approximate surface area is 122 Å². The van der Waals surface area contributed by atoms with E-state index in [4.69, 9.17) is 10.5 Å². The lowest BCUT2D eigenvalue weighted by molar-refractivity contribution is 0.282. The van der Waals surface area contributed by atoms with Gasteiger partial charge in [-0.15, -0.1) is 0 Å². The van der Waals surface area contributed by atoms with E-state index in [-0.39, 0.29) is 0 Å². The molecule has 0 aromatic heterocycles. The number of ether oxygens (including phenoxy) is 1. The molecule has 3 nitrogen and oxygen atoms in total. The topological polar surface area (TPSA) is 47.3 Å². The summed E-state index contributed by atoms with van der Waals surface area (Å²) in [6.45, 7) is 5.99. The van der Waals surface area contributed by atoms with Crippen molar-refractivity contribution in [3.05, 3.63) is 18.2 Å². The largest absolute Gasteiger partial charge is 0.492 e. The minimum absolute atomic E-state index is 0.647. The van der Waals surface area contributed by atoms with Crippen LogP contribution >= 0.6 is 0 Å². The Kier molecular flexibility index (Phi) is 5.57. The van der Waals surface area contributed by atoms with Crippen LogP contribution in [0.15, 0.2) is 18.2 Å². The number of para-hydroxylation sites is 1. The summed E-state index contributed by atoms with van der Waals surface area (Å²) in [5, 5.41) is 3.47. The van der Waals surface area contributed by atoms with Crippen LogP contribution in [0.4, 0.5) is 11.4 Å². The highest BCUT2D eigenvalue weighted by Crippen LogP contribution is 2.32. The lowest BCUT2D eigenvalue weighted by atomic mass is 9.81. The summed E-state index contributed by atoms with van der Waals surface area (Å²) < 4.78 is 5.52. The van der Waals surface area contributed by atoms with Crippen molar-refractivity contribution in [3.63, 3.8) is 0 Å². The quantitative estimate of drug-likeness (QED) is 0.762. The fourth-order valence-electron chi connectivity index (χ4n) is 3.01. The van der Waals surface area contributed by atoms with Gasteiger partial charge in [-0.05, 0) is 37.3 Å². The van der Waals surface area contributed by atoms with Gasteiger partial charge in [0.25, 0.3) is 0 Å². The Morgan fingerprint density at radius 1 is 1.25 bits per heavy atom. The average molecular weight is 276 g/mol. The van der Waals surface area contributed by atoms with Gasteiger partial charge in [-0.3, -0.25) is 0 Å². The van der Waals surface area contributed by atoms with Crippen LogP contribution in [0.3, 0.4) is 0 Å². The Balaban J connectivity index is 1.80. The van der Waals surface area contributed by atoms with Gasteiger partial charge in [0, 0.05) is 6.54 Å². The molecule has 2 rings (SSSR count). The predicted octanol–water partition coefficient (Wildman–Crippen LogP) is 4.30. The summed E-state index contributed by atoms with van der Waals surface area (Å²) in [4.78, 5) is 0. The van der Waals surface area contributed by atoms with Crippen molar-refractivity contribution in [1.29, 1.82) is 0 Å². The molecule has 1 aromatic rings. The van der Waals surface area contributed by atoms with Crippen molar-refractivity contribution in [3.8, 4) is 5.75 Å². The lowest BCUT2D eigenvalue weighted by Crippen LogP contribution is -2.16. The lowest BCUT2D eigenvalue weighted by Gasteiger charge is -2.26. The van der Waals surface area contributed by atoms with Crippen LogP contribution in [0.25, 0.3) is 0 Å². The van der Waals surface area contributed by atoms with Gasteiger partial charge in [-0.1, -0.05) is 38.7 Å². The van der Waals surface area contributed by atoms with Crippen molar-refractivity contribution >= 4 is 11.4 Å². The van der Waals surface area contributed by atoms with Gasteiger partial charge in [-0.2, -0.15) is 0 Å². The summed E-state index contributed by atoms with van der Waals surface area (Å²) in [6, 6.07) is 5.94. The van der Waals surface area contributed by atoms with E-state index in [1.165, 1.54) is 32.1 Å². The molecule has 0 spiro atoms. The zero-order valence-electron chi connectivity index (χ0n) is 12.8. The first-order chi connectivity index (χ1) is 9.70. The van der Waals surface area contributed by atoms with Gasteiger partial charge in [0.1, 0.15) is 5.75 Å². The fraction of sp³-hybridized carbons (Fsp3) is 0.647. The molecule has 1 aromatic carbocycles. The molecule has 1 fully saturated rings. The molecule has 20 heavy (non-hydrogen) atoms. The molecular formula is C17H28N2O. The van der Waals surface area contributed by atoms with Crippen LogP contribution in [0.1, 0.15) is 46.0 Å². The number of nitrogen functional groups attached to an aromatic ring is 1.